The number of hydrogen-bond acceptors (Lipinski definition) is 11. The van der Waals surface area contributed by atoms with Gasteiger partial charge < -0.3 is 19.1 Å². The summed E-state index contributed by atoms with van der Waals surface area (Å²) in [7, 11) is 0. The SMILES string of the molecule is O=C(NN1CCOCC1)c1nn(-c2ccc(Cl)cc2Cl)c2c1CCCCC2Cc1cccc(Cl)c1.O=C(NN1CCOCC1)c1nn(-c2ccc(F)cc2F)c2c1CCCCC2Cc1cccc(F)c1.O=C(c1nn(-c2ccc(F)cc2F)c2c1CCCCC2Cc1cccc(F)c1)N1CCOCC1. The predicted octanol–water partition coefficient (Wildman–Crippen LogP) is 15.0. The molecule has 15 rings (SSSR count). The largest absolute Gasteiger partial charge is 0.379 e. The van der Waals surface area contributed by atoms with Crippen molar-refractivity contribution in [2.75, 3.05) is 78.9 Å². The van der Waals surface area contributed by atoms with Crippen molar-refractivity contribution in [3.63, 3.8) is 0 Å². The van der Waals surface area contributed by atoms with Crippen molar-refractivity contribution in [1.82, 2.24) is 55.1 Å². The van der Waals surface area contributed by atoms with Crippen LogP contribution in [0.15, 0.2) is 127 Å². The summed E-state index contributed by atoms with van der Waals surface area (Å²) < 4.78 is 106. The van der Waals surface area contributed by atoms with Crippen molar-refractivity contribution in [1.29, 1.82) is 0 Å². The molecule has 0 spiro atoms. The van der Waals surface area contributed by atoms with Crippen molar-refractivity contribution in [3.8, 4) is 17.1 Å². The van der Waals surface area contributed by atoms with E-state index in [0.717, 1.165) is 144 Å². The van der Waals surface area contributed by atoms with Crippen LogP contribution in [0.5, 0.6) is 0 Å². The summed E-state index contributed by atoms with van der Waals surface area (Å²) in [4.78, 5) is 41.9. The monoisotopic (exact) mass is 1490 g/mol. The van der Waals surface area contributed by atoms with E-state index in [1.54, 1.807) is 34.2 Å². The molecule has 3 aromatic heterocycles. The molecule has 0 radical (unpaired) electrons. The maximum atomic E-state index is 14.9. The van der Waals surface area contributed by atoms with Gasteiger partial charge in [-0.1, -0.05) is 90.5 Å². The second-order valence-corrected chi connectivity index (χ2v) is 28.3. The standard InChI is InChI=1S/C26H27Cl3N4O2.C26H27F3N4O2.C26H26F3N3O2/c2*27-19-6-3-4-17(15-19)14-18-5-1-2-7-21-24(26(34)31-32-10-12-35-13-11-32)30-33(25(18)21)23-9-8-20(28)16-22(23)29;27-19-6-3-4-17(15-19)14-18-5-1-2-7-21-24(26(33)31-10-12-34-13-11-31)30-32(25(18)21)23-9-8-20(28)16-22(23)29/h2*3-4,6,8-9,15-16,18H,1-2,5,7,10-14H2,(H,31,34);3-4,6,8-9,15-16,18H,1-2,5,7,10-14H2. The summed E-state index contributed by atoms with van der Waals surface area (Å²) >= 11 is 19.1. The van der Waals surface area contributed by atoms with Gasteiger partial charge in [0.25, 0.3) is 17.7 Å². The van der Waals surface area contributed by atoms with Gasteiger partial charge in [-0.15, -0.1) is 0 Å². The molecule has 546 valence electrons. The van der Waals surface area contributed by atoms with E-state index in [-0.39, 0.29) is 64.2 Å². The minimum Gasteiger partial charge on any atom is -0.379 e. The molecule has 104 heavy (non-hydrogen) atoms. The number of benzene rings is 6. The molecule has 6 aliphatic rings. The van der Waals surface area contributed by atoms with E-state index in [0.29, 0.717) is 126 Å². The molecule has 9 aromatic rings. The first-order valence-electron chi connectivity index (χ1n) is 35.6. The smallest absolute Gasteiger partial charge is 0.286 e. The summed E-state index contributed by atoms with van der Waals surface area (Å²) in [6, 6.07) is 32.9. The molecule has 3 unspecified atom stereocenters. The van der Waals surface area contributed by atoms with Gasteiger partial charge in [-0.05, 0) is 173 Å². The van der Waals surface area contributed by atoms with Crippen LogP contribution in [0.25, 0.3) is 17.1 Å². The van der Waals surface area contributed by atoms with Crippen LogP contribution in [-0.2, 0) is 52.7 Å². The Morgan fingerprint density at radius 3 is 1.21 bits per heavy atom. The molecule has 3 aliphatic carbocycles. The van der Waals surface area contributed by atoms with Gasteiger partial charge in [0.15, 0.2) is 28.7 Å². The molecule has 2 N–H and O–H groups in total. The summed E-state index contributed by atoms with van der Waals surface area (Å²) in [6.45, 7) is 6.50. The van der Waals surface area contributed by atoms with E-state index in [4.69, 9.17) is 54.1 Å². The number of halogens is 9. The van der Waals surface area contributed by atoms with Gasteiger partial charge in [-0.2, -0.15) is 15.3 Å². The van der Waals surface area contributed by atoms with Crippen molar-refractivity contribution >= 4 is 52.5 Å². The van der Waals surface area contributed by atoms with Crippen LogP contribution in [0.1, 0.15) is 157 Å². The van der Waals surface area contributed by atoms with E-state index in [2.05, 4.69) is 27.1 Å². The molecule has 3 atom stereocenters. The molecular weight excluding hydrogens is 1410 g/mol. The van der Waals surface area contributed by atoms with Crippen LogP contribution in [0, 0.1) is 34.9 Å². The number of amides is 3. The first-order valence-corrected chi connectivity index (χ1v) is 36.7. The zero-order chi connectivity index (χ0) is 72.4. The second-order valence-electron chi connectivity index (χ2n) is 27.0. The fraction of sp³-hybridized carbons (Fsp3) is 0.385. The van der Waals surface area contributed by atoms with Gasteiger partial charge in [0.05, 0.1) is 67.4 Å². The number of hydrazine groups is 2. The van der Waals surface area contributed by atoms with Crippen LogP contribution in [0.3, 0.4) is 0 Å². The number of carbonyl (C=O) groups excluding carboxylic acids is 3. The minimum atomic E-state index is -0.760. The number of fused-ring (bicyclic) bond motifs is 3. The van der Waals surface area contributed by atoms with E-state index < -0.39 is 23.3 Å². The molecule has 17 nitrogen and oxygen atoms in total. The number of carbonyl (C=O) groups is 3. The molecule has 0 bridgehead atoms. The van der Waals surface area contributed by atoms with Gasteiger partial charge >= 0.3 is 0 Å². The van der Waals surface area contributed by atoms with Crippen molar-refractivity contribution in [2.45, 2.75) is 114 Å². The highest BCUT2D eigenvalue weighted by Crippen LogP contribution is 2.42. The van der Waals surface area contributed by atoms with Gasteiger partial charge in [-0.25, -0.2) is 50.4 Å². The molecule has 3 fully saturated rings. The average Bonchev–Trinajstić information content (AvgIpc) is 1.62. The van der Waals surface area contributed by atoms with Gasteiger partial charge in [0, 0.05) is 95.9 Å². The quantitative estimate of drug-likeness (QED) is 0.0786. The van der Waals surface area contributed by atoms with E-state index in [1.807, 2.05) is 46.1 Å². The van der Waals surface area contributed by atoms with E-state index in [9.17, 15) is 40.7 Å². The maximum Gasteiger partial charge on any atom is 0.286 e. The lowest BCUT2D eigenvalue weighted by Gasteiger charge is -2.26. The topological polar surface area (TPSA) is 166 Å². The number of nitrogens with zero attached hydrogens (tertiary/aromatic N) is 9. The second kappa shape index (κ2) is 34.2. The van der Waals surface area contributed by atoms with Gasteiger partial charge in [0.2, 0.25) is 0 Å². The van der Waals surface area contributed by atoms with Crippen molar-refractivity contribution < 1.29 is 54.9 Å². The van der Waals surface area contributed by atoms with Crippen molar-refractivity contribution in [3.05, 3.63) is 245 Å². The molecule has 3 aliphatic heterocycles. The maximum absolute atomic E-state index is 14.9. The number of aromatic nitrogens is 6. The van der Waals surface area contributed by atoms with E-state index >= 15 is 0 Å². The molecule has 0 saturated carbocycles. The van der Waals surface area contributed by atoms with Crippen LogP contribution in [0.2, 0.25) is 15.1 Å². The third-order valence-electron chi connectivity index (χ3n) is 19.9. The molecule has 3 amide bonds. The normalized spacial score (nSPS) is 18.6. The first-order chi connectivity index (χ1) is 50.5. The first kappa shape index (κ1) is 73.9. The van der Waals surface area contributed by atoms with Crippen LogP contribution < -0.4 is 10.9 Å². The third kappa shape index (κ3) is 17.6. The number of morpholine rings is 3. The lowest BCUT2D eigenvalue weighted by Crippen LogP contribution is -2.48. The Balaban J connectivity index is 0.000000139. The van der Waals surface area contributed by atoms with Gasteiger partial charge in [-0.3, -0.25) is 25.2 Å². The van der Waals surface area contributed by atoms with Gasteiger partial charge in [0.1, 0.15) is 34.6 Å². The highest BCUT2D eigenvalue weighted by Gasteiger charge is 2.37. The fourth-order valence-electron chi connectivity index (χ4n) is 15.0. The number of hydrogen-bond donors (Lipinski definition) is 2. The predicted molar refractivity (Wildman–Crippen MR) is 383 cm³/mol. The molecule has 26 heteroatoms. The summed E-state index contributed by atoms with van der Waals surface area (Å²) in [5.41, 5.74) is 15.7. The number of ether oxygens (including phenoxy) is 3. The summed E-state index contributed by atoms with van der Waals surface area (Å²) in [5, 5.41) is 19.5. The Bertz CT molecular complexity index is 4370. The number of nitrogens with one attached hydrogen (secondary N) is 2. The van der Waals surface area contributed by atoms with Crippen molar-refractivity contribution in [2.24, 2.45) is 0 Å². The van der Waals surface area contributed by atoms with Crippen LogP contribution in [0.4, 0.5) is 26.3 Å². The fourth-order valence-corrected chi connectivity index (χ4v) is 15.7. The highest BCUT2D eigenvalue weighted by atomic mass is 35.5. The molecular formula is C78H80Cl3F6N11O6. The lowest BCUT2D eigenvalue weighted by atomic mass is 9.90. The molecule has 3 saturated heterocycles. The molecule has 6 aromatic carbocycles. The average molecular weight is 1490 g/mol. The minimum absolute atomic E-state index is 0.0826. The Hall–Kier alpha value is -8.39. The zero-order valence-electron chi connectivity index (χ0n) is 57.3. The Kier molecular flexibility index (Phi) is 24.3. The third-order valence-corrected chi connectivity index (χ3v) is 20.7. The molecule has 6 heterocycles. The summed E-state index contributed by atoms with van der Waals surface area (Å²) in [6.07, 6.45) is 12.1. The summed E-state index contributed by atoms with van der Waals surface area (Å²) in [5.74, 6) is -4.32. The Morgan fingerprint density at radius 2 is 0.788 bits per heavy atom. The lowest BCUT2D eigenvalue weighted by molar-refractivity contribution is 0.0121. The van der Waals surface area contributed by atoms with E-state index in [1.165, 1.54) is 57.9 Å². The zero-order valence-corrected chi connectivity index (χ0v) is 59.6. The Morgan fingerprint density at radius 1 is 0.413 bits per heavy atom. The van der Waals surface area contributed by atoms with Crippen LogP contribution in [-0.4, -0.2) is 141 Å². The highest BCUT2D eigenvalue weighted by molar-refractivity contribution is 6.35. The van der Waals surface area contributed by atoms with Crippen LogP contribution >= 0.6 is 34.8 Å². The Labute approximate surface area is 614 Å². The number of rotatable bonds is 14.